The van der Waals surface area contributed by atoms with Gasteiger partial charge in [-0.3, -0.25) is 19.2 Å². The van der Waals surface area contributed by atoms with Crippen molar-refractivity contribution in [1.29, 1.82) is 0 Å². The second-order valence-electron chi connectivity index (χ2n) is 9.46. The average molecular weight is 543 g/mol. The highest BCUT2D eigenvalue weighted by atomic mass is 32.2. The summed E-state index contributed by atoms with van der Waals surface area (Å²) in [6.45, 7) is 5.46. The molecule has 0 fully saturated rings. The lowest BCUT2D eigenvalue weighted by Crippen LogP contribution is -2.50. The minimum atomic E-state index is -0.830. The van der Waals surface area contributed by atoms with Crippen LogP contribution in [0.3, 0.4) is 0 Å². The van der Waals surface area contributed by atoms with Crippen molar-refractivity contribution in [1.82, 2.24) is 10.6 Å². The Labute approximate surface area is 229 Å². The lowest BCUT2D eigenvalue weighted by molar-refractivity contribution is -0.145. The highest BCUT2D eigenvalue weighted by Gasteiger charge is 2.35. The first-order valence-electron chi connectivity index (χ1n) is 12.6. The molecule has 38 heavy (non-hydrogen) atoms. The van der Waals surface area contributed by atoms with Crippen LogP contribution in [0.5, 0.6) is 5.75 Å². The summed E-state index contributed by atoms with van der Waals surface area (Å²) in [7, 11) is 3.09. The maximum absolute atomic E-state index is 13.6. The fourth-order valence-electron chi connectivity index (χ4n) is 4.04. The van der Waals surface area contributed by atoms with E-state index in [1.165, 1.54) is 14.0 Å². The average Bonchev–Trinajstić information content (AvgIpc) is 2.90. The van der Waals surface area contributed by atoms with Crippen LogP contribution in [0.2, 0.25) is 0 Å². The summed E-state index contributed by atoms with van der Waals surface area (Å²) in [5, 5.41) is 4.65. The highest BCUT2D eigenvalue weighted by molar-refractivity contribution is 8.14. The molecule has 0 aliphatic rings. The number of likely N-dealkylation sites (N-methyl/N-ethyl adjacent to an activating group) is 1. The van der Waals surface area contributed by atoms with Gasteiger partial charge in [0.15, 0.2) is 5.12 Å². The molecule has 9 heteroatoms. The van der Waals surface area contributed by atoms with E-state index < -0.39 is 23.2 Å². The molecule has 2 N–H and O–H groups in total. The van der Waals surface area contributed by atoms with Gasteiger partial charge in [0.05, 0.1) is 19.4 Å². The van der Waals surface area contributed by atoms with Crippen LogP contribution in [0.15, 0.2) is 54.6 Å². The summed E-state index contributed by atoms with van der Waals surface area (Å²) in [5.74, 6) is -1.09. The van der Waals surface area contributed by atoms with Gasteiger partial charge in [0.2, 0.25) is 11.8 Å². The molecule has 0 saturated heterocycles. The Morgan fingerprint density at radius 2 is 1.58 bits per heavy atom. The van der Waals surface area contributed by atoms with Gasteiger partial charge in [-0.05, 0) is 35.6 Å². The third-order valence-electron chi connectivity index (χ3n) is 5.92. The number of benzene rings is 2. The number of ether oxygens (including phenoxy) is 2. The van der Waals surface area contributed by atoms with E-state index in [4.69, 9.17) is 9.47 Å². The summed E-state index contributed by atoms with van der Waals surface area (Å²) in [4.78, 5) is 51.1. The van der Waals surface area contributed by atoms with Gasteiger partial charge in [0.25, 0.3) is 0 Å². The molecule has 0 heterocycles. The Kier molecular flexibility index (Phi) is 12.9. The molecule has 0 aliphatic carbocycles. The fraction of sp³-hybridized carbons (Fsp3) is 0.448. The molecule has 8 nitrogen and oxygen atoms in total. The number of carbonyl (C=O) groups is 4. The number of carbonyl (C=O) groups excluding carboxylic acids is 4. The van der Waals surface area contributed by atoms with Gasteiger partial charge in [0, 0.05) is 25.6 Å². The van der Waals surface area contributed by atoms with Crippen LogP contribution >= 0.6 is 11.8 Å². The van der Waals surface area contributed by atoms with Crippen molar-refractivity contribution in [3.63, 3.8) is 0 Å². The van der Waals surface area contributed by atoms with Crippen molar-refractivity contribution in [2.75, 3.05) is 14.2 Å². The summed E-state index contributed by atoms with van der Waals surface area (Å²) >= 11 is 0.962. The van der Waals surface area contributed by atoms with E-state index in [0.717, 1.165) is 22.9 Å². The van der Waals surface area contributed by atoms with Crippen LogP contribution in [0.1, 0.15) is 44.7 Å². The van der Waals surface area contributed by atoms with Gasteiger partial charge in [0.1, 0.15) is 18.4 Å². The van der Waals surface area contributed by atoms with E-state index in [2.05, 4.69) is 10.6 Å². The molecule has 0 radical (unpaired) electrons. The van der Waals surface area contributed by atoms with Crippen molar-refractivity contribution >= 4 is 34.7 Å². The first-order valence-corrected chi connectivity index (χ1v) is 13.5. The largest absolute Gasteiger partial charge is 0.497 e. The van der Waals surface area contributed by atoms with Crippen LogP contribution in [-0.4, -0.2) is 48.3 Å². The number of esters is 1. The van der Waals surface area contributed by atoms with Crippen LogP contribution in [0.4, 0.5) is 0 Å². The molecule has 0 bridgehead atoms. The Morgan fingerprint density at radius 3 is 2.13 bits per heavy atom. The van der Waals surface area contributed by atoms with E-state index in [-0.39, 0.29) is 42.3 Å². The second kappa shape index (κ2) is 15.8. The van der Waals surface area contributed by atoms with Gasteiger partial charge < -0.3 is 20.1 Å². The Hall–Kier alpha value is -3.33. The van der Waals surface area contributed by atoms with E-state index in [0.29, 0.717) is 12.2 Å². The first-order chi connectivity index (χ1) is 18.1. The normalized spacial score (nSPS) is 13.2. The fourth-order valence-corrected chi connectivity index (χ4v) is 5.08. The lowest BCUT2D eigenvalue weighted by Gasteiger charge is -2.28. The van der Waals surface area contributed by atoms with Crippen LogP contribution in [0, 0.1) is 11.8 Å². The molecule has 0 saturated carbocycles. The maximum atomic E-state index is 13.6. The minimum absolute atomic E-state index is 0.106. The SMILES string of the molecule is CNC(=O)[C@H](Cc1ccc(OC)cc1)NC(=O)[C@H](CC(C)C)[C@H](CC(=O)OCc1ccccc1)SC(C)=O. The molecular formula is C29H38N2O6S. The smallest absolute Gasteiger partial charge is 0.307 e. The second-order valence-corrected chi connectivity index (χ2v) is 10.9. The van der Waals surface area contributed by atoms with Crippen LogP contribution in [0.25, 0.3) is 0 Å². The Bertz CT molecular complexity index is 1060. The predicted octanol–water partition coefficient (Wildman–Crippen LogP) is 3.91. The van der Waals surface area contributed by atoms with Crippen LogP contribution < -0.4 is 15.4 Å². The van der Waals surface area contributed by atoms with Crippen molar-refractivity contribution < 1.29 is 28.7 Å². The molecule has 0 spiro atoms. The summed E-state index contributed by atoms with van der Waals surface area (Å²) in [5.41, 5.74) is 1.69. The zero-order valence-electron chi connectivity index (χ0n) is 22.7. The van der Waals surface area contributed by atoms with Gasteiger partial charge >= 0.3 is 5.97 Å². The molecule has 2 aromatic rings. The quantitative estimate of drug-likeness (QED) is 0.348. The highest BCUT2D eigenvalue weighted by Crippen LogP contribution is 2.30. The number of methoxy groups -OCH3 is 1. The zero-order chi connectivity index (χ0) is 28.1. The molecule has 2 amide bonds. The Balaban J connectivity index is 2.20. The molecule has 0 unspecified atom stereocenters. The third kappa shape index (κ3) is 10.6. The standard InChI is InChI=1S/C29H38N2O6S/c1-19(2)15-24(26(38-20(3)32)17-27(33)37-18-22-9-7-6-8-10-22)28(34)31-25(29(35)30-4)16-21-11-13-23(36-5)14-12-21/h6-14,19,24-26H,15-18H2,1-5H3,(H,30,35)(H,31,34)/t24-,25+,26+/m1/s1. The number of rotatable bonds is 14. The van der Waals surface area contributed by atoms with Crippen molar-refractivity contribution in [2.45, 2.75) is 57.9 Å². The molecule has 206 valence electrons. The van der Waals surface area contributed by atoms with Gasteiger partial charge in [-0.2, -0.15) is 0 Å². The topological polar surface area (TPSA) is 111 Å². The third-order valence-corrected chi connectivity index (χ3v) is 7.05. The van der Waals surface area contributed by atoms with Gasteiger partial charge in [-0.25, -0.2) is 0 Å². The van der Waals surface area contributed by atoms with Crippen LogP contribution in [-0.2, 0) is 36.9 Å². The van der Waals surface area contributed by atoms with Gasteiger partial charge in [-0.15, -0.1) is 0 Å². The minimum Gasteiger partial charge on any atom is -0.497 e. The predicted molar refractivity (Wildman–Crippen MR) is 149 cm³/mol. The number of amides is 2. The Morgan fingerprint density at radius 1 is 0.921 bits per heavy atom. The zero-order valence-corrected chi connectivity index (χ0v) is 23.5. The number of hydrogen-bond acceptors (Lipinski definition) is 7. The van der Waals surface area contributed by atoms with Crippen molar-refractivity contribution in [3.8, 4) is 5.75 Å². The molecule has 3 atom stereocenters. The maximum Gasteiger partial charge on any atom is 0.307 e. The molecule has 2 rings (SSSR count). The summed E-state index contributed by atoms with van der Waals surface area (Å²) in [6, 6.07) is 15.7. The summed E-state index contributed by atoms with van der Waals surface area (Å²) in [6.07, 6.45) is 0.601. The van der Waals surface area contributed by atoms with Gasteiger partial charge in [-0.1, -0.05) is 68.1 Å². The molecule has 2 aromatic carbocycles. The molecular weight excluding hydrogens is 504 g/mol. The first kappa shape index (κ1) is 30.9. The van der Waals surface area contributed by atoms with E-state index in [1.807, 2.05) is 56.3 Å². The lowest BCUT2D eigenvalue weighted by atomic mass is 9.91. The molecule has 0 aromatic heterocycles. The number of thioether (sulfide) groups is 1. The number of hydrogen-bond donors (Lipinski definition) is 2. The summed E-state index contributed by atoms with van der Waals surface area (Å²) < 4.78 is 10.6. The monoisotopic (exact) mass is 542 g/mol. The van der Waals surface area contributed by atoms with E-state index in [9.17, 15) is 19.2 Å². The van der Waals surface area contributed by atoms with E-state index >= 15 is 0 Å². The van der Waals surface area contributed by atoms with Crippen molar-refractivity contribution in [3.05, 3.63) is 65.7 Å². The molecule has 0 aliphatic heterocycles. The number of nitrogens with one attached hydrogen (secondary N) is 2. The van der Waals surface area contributed by atoms with Crippen molar-refractivity contribution in [2.24, 2.45) is 11.8 Å². The van der Waals surface area contributed by atoms with E-state index in [1.54, 1.807) is 19.2 Å².